The van der Waals surface area contributed by atoms with Crippen molar-refractivity contribution in [3.63, 3.8) is 0 Å². The van der Waals surface area contributed by atoms with Crippen molar-refractivity contribution < 1.29 is 0 Å². The molecule has 1 saturated heterocycles. The number of nitrogens with zero attached hydrogens (tertiary/aromatic N) is 3. The lowest BCUT2D eigenvalue weighted by Crippen LogP contribution is -2.60. The van der Waals surface area contributed by atoms with E-state index in [0.29, 0.717) is 12.1 Å². The van der Waals surface area contributed by atoms with Gasteiger partial charge in [0.1, 0.15) is 0 Å². The maximum absolute atomic E-state index is 4.60. The summed E-state index contributed by atoms with van der Waals surface area (Å²) >= 11 is 0. The average Bonchev–Trinajstić information content (AvgIpc) is 2.78. The molecule has 0 bridgehead atoms. The minimum atomic E-state index is 0.290. The highest BCUT2D eigenvalue weighted by molar-refractivity contribution is 5.11. The van der Waals surface area contributed by atoms with Gasteiger partial charge < -0.3 is 5.32 Å². The Morgan fingerprint density at radius 2 is 2.05 bits per heavy atom. The second-order valence-corrected chi connectivity index (χ2v) is 7.43. The van der Waals surface area contributed by atoms with E-state index in [1.165, 1.54) is 17.8 Å². The summed E-state index contributed by atoms with van der Waals surface area (Å²) in [5.41, 5.74) is 2.82. The number of aryl methyl sites for hydroxylation is 2. The van der Waals surface area contributed by atoms with E-state index in [-0.39, 0.29) is 5.41 Å². The van der Waals surface area contributed by atoms with Crippen LogP contribution < -0.4 is 5.32 Å². The van der Waals surface area contributed by atoms with Crippen LogP contribution in [-0.2, 0) is 20.0 Å². The van der Waals surface area contributed by atoms with Gasteiger partial charge in [0.2, 0.25) is 0 Å². The Bertz CT molecular complexity index is 458. The normalized spacial score (nSPS) is 24.5. The highest BCUT2D eigenvalue weighted by Crippen LogP contribution is 2.28. The molecule has 0 aromatic carbocycles. The first-order chi connectivity index (χ1) is 9.85. The van der Waals surface area contributed by atoms with Crippen molar-refractivity contribution in [3.8, 4) is 0 Å². The van der Waals surface area contributed by atoms with Crippen LogP contribution in [-0.4, -0.2) is 39.9 Å². The van der Waals surface area contributed by atoms with Crippen molar-refractivity contribution in [2.75, 3.05) is 13.1 Å². The zero-order valence-electron chi connectivity index (χ0n) is 14.6. The molecule has 1 aliphatic rings. The Morgan fingerprint density at radius 1 is 1.33 bits per heavy atom. The molecule has 21 heavy (non-hydrogen) atoms. The first kappa shape index (κ1) is 16.5. The monoisotopic (exact) mass is 292 g/mol. The molecule has 0 aliphatic carbocycles. The number of aromatic nitrogens is 2. The van der Waals surface area contributed by atoms with Crippen molar-refractivity contribution in [3.05, 3.63) is 17.5 Å². The number of hydrogen-bond donors (Lipinski definition) is 1. The third-order valence-corrected chi connectivity index (χ3v) is 4.74. The van der Waals surface area contributed by atoms with Crippen LogP contribution in [0.15, 0.2) is 6.07 Å². The molecule has 0 amide bonds. The van der Waals surface area contributed by atoms with Crippen LogP contribution in [0.1, 0.15) is 52.4 Å². The van der Waals surface area contributed by atoms with Crippen LogP contribution in [0.4, 0.5) is 0 Å². The third kappa shape index (κ3) is 3.86. The Hall–Kier alpha value is -0.870. The molecule has 2 unspecified atom stereocenters. The van der Waals surface area contributed by atoms with Gasteiger partial charge in [-0.05, 0) is 24.3 Å². The molecule has 1 fully saturated rings. The fourth-order valence-corrected chi connectivity index (χ4v) is 3.28. The fraction of sp³-hybridized carbons (Fsp3) is 0.824. The summed E-state index contributed by atoms with van der Waals surface area (Å²) < 4.78 is 2.06. The molecule has 0 spiro atoms. The largest absolute Gasteiger partial charge is 0.311 e. The summed E-state index contributed by atoms with van der Waals surface area (Å²) in [5, 5.41) is 8.30. The SMILES string of the molecule is CCc1cc(CN2CC(CC)NCC2C(C)(C)C)n(C)n1. The Morgan fingerprint density at radius 3 is 2.57 bits per heavy atom. The van der Waals surface area contributed by atoms with Gasteiger partial charge in [-0.2, -0.15) is 5.10 Å². The Labute approximate surface area is 129 Å². The molecular weight excluding hydrogens is 260 g/mol. The van der Waals surface area contributed by atoms with Crippen LogP contribution in [0.3, 0.4) is 0 Å². The van der Waals surface area contributed by atoms with E-state index in [1.807, 2.05) is 0 Å². The van der Waals surface area contributed by atoms with Crippen LogP contribution in [0.2, 0.25) is 0 Å². The summed E-state index contributed by atoms with van der Waals surface area (Å²) in [5.74, 6) is 0. The molecule has 0 radical (unpaired) electrons. The summed E-state index contributed by atoms with van der Waals surface area (Å²) in [6.45, 7) is 14.7. The molecular formula is C17H32N4. The van der Waals surface area contributed by atoms with Gasteiger partial charge in [0.15, 0.2) is 0 Å². The summed E-state index contributed by atoms with van der Waals surface area (Å²) in [4.78, 5) is 2.65. The molecule has 2 rings (SSSR count). The molecule has 2 atom stereocenters. The van der Waals surface area contributed by atoms with Gasteiger partial charge in [0.05, 0.1) is 11.4 Å². The molecule has 1 aromatic heterocycles. The fourth-order valence-electron chi connectivity index (χ4n) is 3.28. The molecule has 0 saturated carbocycles. The molecule has 1 aliphatic heterocycles. The van der Waals surface area contributed by atoms with Gasteiger partial charge in [-0.3, -0.25) is 9.58 Å². The predicted octanol–water partition coefficient (Wildman–Crippen LogP) is 2.58. The van der Waals surface area contributed by atoms with E-state index < -0.39 is 0 Å². The van der Waals surface area contributed by atoms with Crippen LogP contribution in [0, 0.1) is 5.41 Å². The maximum Gasteiger partial charge on any atom is 0.0625 e. The van der Waals surface area contributed by atoms with Gasteiger partial charge in [0, 0.05) is 38.8 Å². The van der Waals surface area contributed by atoms with E-state index in [2.05, 4.69) is 67.7 Å². The molecule has 2 heterocycles. The maximum atomic E-state index is 4.60. The number of piperazine rings is 1. The van der Waals surface area contributed by atoms with Crippen LogP contribution in [0.25, 0.3) is 0 Å². The number of rotatable bonds is 4. The van der Waals surface area contributed by atoms with E-state index in [0.717, 1.165) is 26.1 Å². The lowest BCUT2D eigenvalue weighted by Gasteiger charge is -2.46. The predicted molar refractivity (Wildman–Crippen MR) is 88.3 cm³/mol. The van der Waals surface area contributed by atoms with E-state index >= 15 is 0 Å². The second kappa shape index (κ2) is 6.49. The van der Waals surface area contributed by atoms with Crippen molar-refractivity contribution in [2.45, 2.75) is 66.1 Å². The van der Waals surface area contributed by atoms with Gasteiger partial charge >= 0.3 is 0 Å². The molecule has 4 heteroatoms. The minimum absolute atomic E-state index is 0.290. The Kier molecular flexibility index (Phi) is 5.10. The van der Waals surface area contributed by atoms with E-state index in [1.54, 1.807) is 0 Å². The highest BCUT2D eigenvalue weighted by atomic mass is 15.3. The summed E-state index contributed by atoms with van der Waals surface area (Å²) in [7, 11) is 2.07. The average molecular weight is 292 g/mol. The van der Waals surface area contributed by atoms with E-state index in [4.69, 9.17) is 0 Å². The lowest BCUT2D eigenvalue weighted by atomic mass is 9.83. The Balaban J connectivity index is 2.17. The standard InChI is InChI=1S/C17H32N4/c1-7-13-9-15(20(6)19-13)12-21-11-14(8-2)18-10-16(21)17(3,4)5/h9,14,16,18H,7-8,10-12H2,1-6H3. The van der Waals surface area contributed by atoms with Gasteiger partial charge in [0.25, 0.3) is 0 Å². The number of hydrogen-bond acceptors (Lipinski definition) is 3. The van der Waals surface area contributed by atoms with E-state index in [9.17, 15) is 0 Å². The second-order valence-electron chi connectivity index (χ2n) is 7.43. The van der Waals surface area contributed by atoms with Crippen molar-refractivity contribution in [2.24, 2.45) is 12.5 Å². The summed E-state index contributed by atoms with van der Waals surface area (Å²) in [6.07, 6.45) is 2.20. The molecule has 1 N–H and O–H groups in total. The van der Waals surface area contributed by atoms with Crippen LogP contribution >= 0.6 is 0 Å². The van der Waals surface area contributed by atoms with Crippen molar-refractivity contribution in [1.82, 2.24) is 20.0 Å². The first-order valence-electron chi connectivity index (χ1n) is 8.34. The smallest absolute Gasteiger partial charge is 0.0625 e. The van der Waals surface area contributed by atoms with Crippen LogP contribution in [0.5, 0.6) is 0 Å². The zero-order valence-corrected chi connectivity index (χ0v) is 14.6. The molecule has 4 nitrogen and oxygen atoms in total. The third-order valence-electron chi connectivity index (χ3n) is 4.74. The molecule has 1 aromatic rings. The first-order valence-corrected chi connectivity index (χ1v) is 8.34. The van der Waals surface area contributed by atoms with Crippen molar-refractivity contribution >= 4 is 0 Å². The minimum Gasteiger partial charge on any atom is -0.311 e. The van der Waals surface area contributed by atoms with Gasteiger partial charge in [-0.25, -0.2) is 0 Å². The highest BCUT2D eigenvalue weighted by Gasteiger charge is 2.35. The quantitative estimate of drug-likeness (QED) is 0.926. The zero-order chi connectivity index (χ0) is 15.6. The topological polar surface area (TPSA) is 33.1 Å². The van der Waals surface area contributed by atoms with Crippen molar-refractivity contribution in [1.29, 1.82) is 0 Å². The lowest BCUT2D eigenvalue weighted by molar-refractivity contribution is 0.0467. The summed E-state index contributed by atoms with van der Waals surface area (Å²) in [6, 6.07) is 3.45. The molecule has 120 valence electrons. The van der Waals surface area contributed by atoms with Gasteiger partial charge in [-0.15, -0.1) is 0 Å². The van der Waals surface area contributed by atoms with Gasteiger partial charge in [-0.1, -0.05) is 34.6 Å². The number of nitrogens with one attached hydrogen (secondary N) is 1.